The second-order valence-electron chi connectivity index (χ2n) is 6.76. The van der Waals surface area contributed by atoms with E-state index in [-0.39, 0.29) is 0 Å². The number of hydrogen-bond donors (Lipinski definition) is 4. The normalized spacial score (nSPS) is 31.1. The third-order valence-electron chi connectivity index (χ3n) is 4.32. The maximum absolute atomic E-state index is 10.2. The van der Waals surface area contributed by atoms with Gasteiger partial charge in [-0.25, -0.2) is 4.98 Å². The highest BCUT2D eigenvalue weighted by Crippen LogP contribution is 2.22. The Bertz CT molecular complexity index is 471. The van der Waals surface area contributed by atoms with E-state index in [2.05, 4.69) is 23.7 Å². The van der Waals surface area contributed by atoms with E-state index in [9.17, 15) is 20.4 Å². The zero-order valence-corrected chi connectivity index (χ0v) is 15.0. The summed E-state index contributed by atoms with van der Waals surface area (Å²) in [6, 6.07) is 0. The van der Waals surface area contributed by atoms with Crippen LogP contribution in [0.4, 0.5) is 0 Å². The summed E-state index contributed by atoms with van der Waals surface area (Å²) in [6.45, 7) is 5.73. The van der Waals surface area contributed by atoms with Gasteiger partial charge < -0.3 is 25.2 Å². The molecule has 1 aliphatic heterocycles. The minimum absolute atomic E-state index is 0.395. The molecule has 1 aromatic heterocycles. The third-order valence-corrected chi connectivity index (χ3v) is 4.96. The summed E-state index contributed by atoms with van der Waals surface area (Å²) in [5.41, 5.74) is 2.73. The average Bonchev–Trinajstić information content (AvgIpc) is 3.06. The van der Waals surface area contributed by atoms with Crippen molar-refractivity contribution >= 4 is 11.3 Å². The Labute approximate surface area is 146 Å². The van der Waals surface area contributed by atoms with Crippen LogP contribution >= 0.6 is 11.3 Å². The topological polar surface area (TPSA) is 106 Å². The molecule has 0 saturated carbocycles. The van der Waals surface area contributed by atoms with Crippen molar-refractivity contribution in [1.29, 1.82) is 0 Å². The molecule has 0 radical (unpaired) electrons. The fraction of sp³-hybridized carbons (Fsp3) is 0.812. The summed E-state index contributed by atoms with van der Waals surface area (Å²) < 4.78 is 5.62. The number of aliphatic hydroxyl groups excluding tert-OH is 4. The third kappa shape index (κ3) is 5.19. The Hall–Kier alpha value is -0.610. The molecule has 0 spiro atoms. The van der Waals surface area contributed by atoms with E-state index < -0.39 is 37.1 Å². The molecule has 138 valence electrons. The van der Waals surface area contributed by atoms with Gasteiger partial charge in [-0.15, -0.1) is 11.3 Å². The first-order valence-corrected chi connectivity index (χ1v) is 9.26. The molecule has 7 nitrogen and oxygen atoms in total. The van der Waals surface area contributed by atoms with Crippen molar-refractivity contribution in [1.82, 2.24) is 9.88 Å². The zero-order chi connectivity index (χ0) is 17.7. The first-order chi connectivity index (χ1) is 11.4. The monoisotopic (exact) mass is 360 g/mol. The molecule has 0 bridgehead atoms. The van der Waals surface area contributed by atoms with Crippen LogP contribution in [0.25, 0.3) is 0 Å². The number of aromatic nitrogens is 1. The Morgan fingerprint density at radius 1 is 1.21 bits per heavy atom. The molecule has 1 fully saturated rings. The van der Waals surface area contributed by atoms with Gasteiger partial charge in [0.1, 0.15) is 24.4 Å². The lowest BCUT2D eigenvalue weighted by atomic mass is 9.94. The molecule has 2 heterocycles. The summed E-state index contributed by atoms with van der Waals surface area (Å²) in [4.78, 5) is 6.42. The Kier molecular flexibility index (Phi) is 7.55. The highest BCUT2D eigenvalue weighted by Gasteiger charge is 2.43. The smallest absolute Gasteiger partial charge is 0.111 e. The fourth-order valence-electron chi connectivity index (χ4n) is 2.80. The van der Waals surface area contributed by atoms with Crippen molar-refractivity contribution in [2.75, 3.05) is 19.7 Å². The SMILES string of the molecule is CC(C)CCN(Cc1cscn1)C[C@@H]1O[C@H](CO)[C@@H](O)[C@H](O)[C@@H]1O. The molecule has 8 heteroatoms. The van der Waals surface area contributed by atoms with E-state index in [1.807, 2.05) is 5.38 Å². The molecule has 4 N–H and O–H groups in total. The summed E-state index contributed by atoms with van der Waals surface area (Å²) in [5.74, 6) is 0.540. The average molecular weight is 360 g/mol. The lowest BCUT2D eigenvalue weighted by Crippen LogP contribution is -2.60. The van der Waals surface area contributed by atoms with E-state index in [4.69, 9.17) is 4.74 Å². The molecule has 2 rings (SSSR count). The summed E-state index contributed by atoms with van der Waals surface area (Å²) >= 11 is 1.53. The summed E-state index contributed by atoms with van der Waals surface area (Å²) in [5, 5.41) is 41.3. The van der Waals surface area contributed by atoms with Crippen molar-refractivity contribution in [2.24, 2.45) is 5.92 Å². The van der Waals surface area contributed by atoms with Gasteiger partial charge in [0.25, 0.3) is 0 Å². The van der Waals surface area contributed by atoms with Gasteiger partial charge in [0.15, 0.2) is 0 Å². The number of thiazole rings is 1. The maximum atomic E-state index is 10.2. The van der Waals surface area contributed by atoms with Gasteiger partial charge in [0.05, 0.1) is 23.9 Å². The van der Waals surface area contributed by atoms with Crippen molar-refractivity contribution in [3.8, 4) is 0 Å². The number of nitrogens with zero attached hydrogens (tertiary/aromatic N) is 2. The van der Waals surface area contributed by atoms with Gasteiger partial charge in [-0.3, -0.25) is 4.90 Å². The van der Waals surface area contributed by atoms with Gasteiger partial charge in [0, 0.05) is 18.5 Å². The molecule has 0 aliphatic carbocycles. The van der Waals surface area contributed by atoms with Crippen molar-refractivity contribution in [3.63, 3.8) is 0 Å². The molecule has 24 heavy (non-hydrogen) atoms. The summed E-state index contributed by atoms with van der Waals surface area (Å²) in [7, 11) is 0. The van der Waals surface area contributed by atoms with Crippen LogP contribution in [-0.2, 0) is 11.3 Å². The van der Waals surface area contributed by atoms with E-state index >= 15 is 0 Å². The van der Waals surface area contributed by atoms with Crippen molar-refractivity contribution in [2.45, 2.75) is 57.3 Å². The fourth-order valence-corrected chi connectivity index (χ4v) is 3.35. The first kappa shape index (κ1) is 19.7. The van der Waals surface area contributed by atoms with Crippen LogP contribution in [0.3, 0.4) is 0 Å². The highest BCUT2D eigenvalue weighted by molar-refractivity contribution is 7.07. The largest absolute Gasteiger partial charge is 0.394 e. The van der Waals surface area contributed by atoms with Crippen LogP contribution in [0.15, 0.2) is 10.9 Å². The van der Waals surface area contributed by atoms with E-state index in [1.165, 1.54) is 11.3 Å². The molecule has 1 aliphatic rings. The number of ether oxygens (including phenoxy) is 1. The second kappa shape index (κ2) is 9.19. The Morgan fingerprint density at radius 3 is 2.50 bits per heavy atom. The molecular formula is C16H28N2O5S. The molecule has 0 unspecified atom stereocenters. The number of hydrogen-bond acceptors (Lipinski definition) is 8. The maximum Gasteiger partial charge on any atom is 0.111 e. The second-order valence-corrected chi connectivity index (χ2v) is 7.48. The van der Waals surface area contributed by atoms with Gasteiger partial charge in [-0.2, -0.15) is 0 Å². The Balaban J connectivity index is 2.03. The van der Waals surface area contributed by atoms with Gasteiger partial charge in [0.2, 0.25) is 0 Å². The van der Waals surface area contributed by atoms with Crippen molar-refractivity contribution in [3.05, 3.63) is 16.6 Å². The van der Waals surface area contributed by atoms with Gasteiger partial charge in [-0.1, -0.05) is 13.8 Å². The molecule has 0 amide bonds. The molecule has 5 atom stereocenters. The van der Waals surface area contributed by atoms with Crippen LogP contribution < -0.4 is 0 Å². The highest BCUT2D eigenvalue weighted by atomic mass is 32.1. The zero-order valence-electron chi connectivity index (χ0n) is 14.2. The van der Waals surface area contributed by atoms with Gasteiger partial charge in [-0.05, 0) is 18.9 Å². The van der Waals surface area contributed by atoms with Gasteiger partial charge >= 0.3 is 0 Å². The minimum atomic E-state index is -1.33. The molecule has 1 saturated heterocycles. The predicted molar refractivity (Wildman–Crippen MR) is 90.6 cm³/mol. The quantitative estimate of drug-likeness (QED) is 0.510. The number of rotatable bonds is 8. The van der Waals surface area contributed by atoms with Crippen LogP contribution in [0.5, 0.6) is 0 Å². The van der Waals surface area contributed by atoms with E-state index in [1.54, 1.807) is 5.51 Å². The van der Waals surface area contributed by atoms with Crippen LogP contribution in [-0.4, -0.2) is 80.5 Å². The first-order valence-electron chi connectivity index (χ1n) is 8.32. The standard InChI is InChI=1S/C16H28N2O5S/c1-10(2)3-4-18(5-11-8-24-9-17-11)6-12-14(20)16(22)15(21)13(7-19)23-12/h8-10,12-16,19-22H,3-7H2,1-2H3/t12-,13+,14+,15+,16+/m0/s1. The molecular weight excluding hydrogens is 332 g/mol. The minimum Gasteiger partial charge on any atom is -0.394 e. The number of aliphatic hydroxyl groups is 4. The molecule has 0 aromatic carbocycles. The summed E-state index contributed by atoms with van der Waals surface area (Å²) in [6.07, 6.45) is -4.39. The van der Waals surface area contributed by atoms with E-state index in [0.29, 0.717) is 19.0 Å². The predicted octanol–water partition coefficient (Wildman–Crippen LogP) is -0.166. The lowest BCUT2D eigenvalue weighted by Gasteiger charge is -2.41. The van der Waals surface area contributed by atoms with Crippen LogP contribution in [0.1, 0.15) is 26.0 Å². The van der Waals surface area contributed by atoms with E-state index in [0.717, 1.165) is 18.7 Å². The lowest BCUT2D eigenvalue weighted by molar-refractivity contribution is -0.232. The van der Waals surface area contributed by atoms with Crippen molar-refractivity contribution < 1.29 is 25.2 Å². The Morgan fingerprint density at radius 2 is 1.92 bits per heavy atom. The van der Waals surface area contributed by atoms with Crippen LogP contribution in [0, 0.1) is 5.92 Å². The van der Waals surface area contributed by atoms with Crippen LogP contribution in [0.2, 0.25) is 0 Å². The molecule has 1 aromatic rings.